The quantitative estimate of drug-likeness (QED) is 0.605. The van der Waals surface area contributed by atoms with Crippen LogP contribution in [0.15, 0.2) is 48.5 Å². The molecule has 112 valence electrons. The summed E-state index contributed by atoms with van der Waals surface area (Å²) in [5.41, 5.74) is 6.83. The van der Waals surface area contributed by atoms with Gasteiger partial charge in [-0.2, -0.15) is 0 Å². The highest BCUT2D eigenvalue weighted by molar-refractivity contribution is 5.29. The van der Waals surface area contributed by atoms with E-state index < -0.39 is 0 Å². The third-order valence-corrected chi connectivity index (χ3v) is 3.84. The molecule has 1 unspecified atom stereocenters. The Bertz CT molecular complexity index is 551. The lowest BCUT2D eigenvalue weighted by molar-refractivity contribution is 0.414. The third-order valence-electron chi connectivity index (χ3n) is 3.84. The minimum Gasteiger partial charge on any atom is -0.497 e. The van der Waals surface area contributed by atoms with Crippen LogP contribution in [0.25, 0.3) is 0 Å². The molecule has 0 fully saturated rings. The summed E-state index contributed by atoms with van der Waals surface area (Å²) >= 11 is 0. The summed E-state index contributed by atoms with van der Waals surface area (Å²) in [6.45, 7) is 2.17. The highest BCUT2D eigenvalue weighted by atomic mass is 16.5. The van der Waals surface area contributed by atoms with Crippen molar-refractivity contribution in [3.05, 3.63) is 65.2 Å². The van der Waals surface area contributed by atoms with Gasteiger partial charge in [-0.3, -0.25) is 11.3 Å². The Kier molecular flexibility index (Phi) is 5.78. The van der Waals surface area contributed by atoms with Crippen LogP contribution in [-0.2, 0) is 12.8 Å². The second-order valence-electron chi connectivity index (χ2n) is 5.20. The van der Waals surface area contributed by atoms with E-state index in [4.69, 9.17) is 10.6 Å². The van der Waals surface area contributed by atoms with Crippen molar-refractivity contribution in [2.45, 2.75) is 32.2 Å². The third kappa shape index (κ3) is 4.31. The lowest BCUT2D eigenvalue weighted by atomic mass is 9.97. The summed E-state index contributed by atoms with van der Waals surface area (Å²) in [6, 6.07) is 17.0. The maximum Gasteiger partial charge on any atom is 0.118 e. The van der Waals surface area contributed by atoms with Crippen LogP contribution in [0, 0.1) is 0 Å². The summed E-state index contributed by atoms with van der Waals surface area (Å²) in [6.07, 6.45) is 2.99. The van der Waals surface area contributed by atoms with Crippen LogP contribution in [-0.4, -0.2) is 7.11 Å². The van der Waals surface area contributed by atoms with Crippen molar-refractivity contribution in [2.24, 2.45) is 5.84 Å². The van der Waals surface area contributed by atoms with Gasteiger partial charge in [-0.25, -0.2) is 0 Å². The molecule has 0 spiro atoms. The zero-order valence-electron chi connectivity index (χ0n) is 12.8. The molecule has 0 heterocycles. The molecule has 3 N–H and O–H groups in total. The second-order valence-corrected chi connectivity index (χ2v) is 5.20. The smallest absolute Gasteiger partial charge is 0.118 e. The molecule has 0 aliphatic heterocycles. The first-order valence-corrected chi connectivity index (χ1v) is 7.44. The topological polar surface area (TPSA) is 47.3 Å². The largest absolute Gasteiger partial charge is 0.497 e. The monoisotopic (exact) mass is 284 g/mol. The molecule has 0 radical (unpaired) electrons. The molecule has 3 heteroatoms. The maximum atomic E-state index is 5.74. The minimum atomic E-state index is 0.179. The summed E-state index contributed by atoms with van der Waals surface area (Å²) in [7, 11) is 1.68. The van der Waals surface area contributed by atoms with Gasteiger partial charge in [0.1, 0.15) is 5.75 Å². The lowest BCUT2D eigenvalue weighted by Crippen LogP contribution is -2.28. The molecule has 2 aromatic rings. The number of benzene rings is 2. The van der Waals surface area contributed by atoms with Crippen LogP contribution in [0.1, 0.15) is 36.1 Å². The number of hydrogen-bond donors (Lipinski definition) is 2. The summed E-state index contributed by atoms with van der Waals surface area (Å²) in [5, 5.41) is 0. The number of hydrogen-bond acceptors (Lipinski definition) is 3. The molecule has 0 bridgehead atoms. The van der Waals surface area contributed by atoms with E-state index in [9.17, 15) is 0 Å². The van der Waals surface area contributed by atoms with Gasteiger partial charge in [-0.05, 0) is 48.1 Å². The number of nitrogens with two attached hydrogens (primary N) is 1. The Morgan fingerprint density at radius 2 is 1.86 bits per heavy atom. The number of ether oxygens (including phenoxy) is 1. The zero-order valence-corrected chi connectivity index (χ0v) is 12.8. The van der Waals surface area contributed by atoms with E-state index in [0.717, 1.165) is 25.0 Å². The molecule has 0 amide bonds. The van der Waals surface area contributed by atoms with Gasteiger partial charge in [0, 0.05) is 6.04 Å². The van der Waals surface area contributed by atoms with Crippen molar-refractivity contribution in [3.63, 3.8) is 0 Å². The number of aryl methyl sites for hydroxylation is 2. The first-order chi connectivity index (χ1) is 10.3. The molecule has 0 aliphatic carbocycles. The van der Waals surface area contributed by atoms with Gasteiger partial charge in [-0.15, -0.1) is 0 Å². The molecule has 0 aliphatic rings. The fourth-order valence-corrected chi connectivity index (χ4v) is 2.48. The van der Waals surface area contributed by atoms with E-state index in [1.165, 1.54) is 16.7 Å². The Hall–Kier alpha value is -1.84. The summed E-state index contributed by atoms with van der Waals surface area (Å²) in [5.74, 6) is 6.63. The lowest BCUT2D eigenvalue weighted by Gasteiger charge is -2.17. The SMILES string of the molecule is CCc1cccc(C(CCc2ccc(OC)cc2)NN)c1. The van der Waals surface area contributed by atoms with Crippen molar-refractivity contribution in [3.8, 4) is 5.75 Å². The second kappa shape index (κ2) is 7.81. The molecular weight excluding hydrogens is 260 g/mol. The Morgan fingerprint density at radius 3 is 2.48 bits per heavy atom. The molecule has 2 aromatic carbocycles. The number of hydrazine groups is 1. The first-order valence-electron chi connectivity index (χ1n) is 7.44. The fourth-order valence-electron chi connectivity index (χ4n) is 2.48. The van der Waals surface area contributed by atoms with Crippen molar-refractivity contribution in [1.82, 2.24) is 5.43 Å². The fraction of sp³-hybridized carbons (Fsp3) is 0.333. The van der Waals surface area contributed by atoms with Crippen molar-refractivity contribution in [1.29, 1.82) is 0 Å². The van der Waals surface area contributed by atoms with Gasteiger partial charge < -0.3 is 4.74 Å². The molecule has 1 atom stereocenters. The number of nitrogens with one attached hydrogen (secondary N) is 1. The number of methoxy groups -OCH3 is 1. The molecular formula is C18H24N2O. The Balaban J connectivity index is 2.01. The van der Waals surface area contributed by atoms with Crippen LogP contribution in [0.2, 0.25) is 0 Å². The predicted molar refractivity (Wildman–Crippen MR) is 87.2 cm³/mol. The molecule has 0 saturated heterocycles. The summed E-state index contributed by atoms with van der Waals surface area (Å²) in [4.78, 5) is 0. The van der Waals surface area contributed by atoms with E-state index in [-0.39, 0.29) is 6.04 Å². The molecule has 0 aromatic heterocycles. The number of rotatable bonds is 7. The maximum absolute atomic E-state index is 5.74. The molecule has 0 saturated carbocycles. The van der Waals surface area contributed by atoms with Crippen LogP contribution in [0.4, 0.5) is 0 Å². The molecule has 21 heavy (non-hydrogen) atoms. The highest BCUT2D eigenvalue weighted by Gasteiger charge is 2.10. The van der Waals surface area contributed by atoms with E-state index in [0.29, 0.717) is 0 Å². The van der Waals surface area contributed by atoms with Gasteiger partial charge in [0.05, 0.1) is 7.11 Å². The van der Waals surface area contributed by atoms with E-state index in [1.807, 2.05) is 12.1 Å². The average Bonchev–Trinajstić information content (AvgIpc) is 2.56. The Labute approximate surface area is 127 Å². The van der Waals surface area contributed by atoms with Gasteiger partial charge in [0.25, 0.3) is 0 Å². The first kappa shape index (κ1) is 15.5. The van der Waals surface area contributed by atoms with Crippen LogP contribution >= 0.6 is 0 Å². The van der Waals surface area contributed by atoms with Crippen LogP contribution in [0.3, 0.4) is 0 Å². The zero-order chi connectivity index (χ0) is 15.1. The van der Waals surface area contributed by atoms with Crippen LogP contribution in [0.5, 0.6) is 5.75 Å². The van der Waals surface area contributed by atoms with Gasteiger partial charge in [0.2, 0.25) is 0 Å². The van der Waals surface area contributed by atoms with E-state index in [1.54, 1.807) is 7.11 Å². The van der Waals surface area contributed by atoms with Crippen molar-refractivity contribution < 1.29 is 4.74 Å². The van der Waals surface area contributed by atoms with Crippen molar-refractivity contribution >= 4 is 0 Å². The molecule has 2 rings (SSSR count). The van der Waals surface area contributed by atoms with E-state index >= 15 is 0 Å². The normalized spacial score (nSPS) is 12.1. The van der Waals surface area contributed by atoms with Crippen molar-refractivity contribution in [2.75, 3.05) is 7.11 Å². The highest BCUT2D eigenvalue weighted by Crippen LogP contribution is 2.21. The predicted octanol–water partition coefficient (Wildman–Crippen LogP) is 3.39. The van der Waals surface area contributed by atoms with Gasteiger partial charge in [0.15, 0.2) is 0 Å². The Morgan fingerprint density at radius 1 is 1.10 bits per heavy atom. The van der Waals surface area contributed by atoms with Gasteiger partial charge >= 0.3 is 0 Å². The van der Waals surface area contributed by atoms with Crippen LogP contribution < -0.4 is 16.0 Å². The van der Waals surface area contributed by atoms with E-state index in [2.05, 4.69) is 48.7 Å². The van der Waals surface area contributed by atoms with Gasteiger partial charge in [-0.1, -0.05) is 43.3 Å². The average molecular weight is 284 g/mol. The molecule has 3 nitrogen and oxygen atoms in total. The standard InChI is InChI=1S/C18H24N2O/c1-3-14-5-4-6-16(13-14)18(20-19)12-9-15-7-10-17(21-2)11-8-15/h4-8,10-11,13,18,20H,3,9,12,19H2,1-2H3. The summed E-state index contributed by atoms with van der Waals surface area (Å²) < 4.78 is 5.18. The minimum absolute atomic E-state index is 0.179.